The van der Waals surface area contributed by atoms with Crippen LogP contribution in [0.2, 0.25) is 0 Å². The van der Waals surface area contributed by atoms with Crippen LogP contribution < -0.4 is 5.32 Å². The molecule has 18 heavy (non-hydrogen) atoms. The lowest BCUT2D eigenvalue weighted by atomic mass is 10.2. The molecule has 0 bridgehead atoms. The molecule has 1 heterocycles. The SMILES string of the molecule is Cc1ccc(NCc2ccc([N+](=O)[O-])s2)cc1F. The second-order valence-corrected chi connectivity index (χ2v) is 4.96. The maximum absolute atomic E-state index is 13.3. The second kappa shape index (κ2) is 5.14. The quantitative estimate of drug-likeness (QED) is 0.678. The molecule has 0 saturated heterocycles. The van der Waals surface area contributed by atoms with Gasteiger partial charge < -0.3 is 5.32 Å². The van der Waals surface area contributed by atoms with E-state index < -0.39 is 4.92 Å². The Morgan fingerprint density at radius 3 is 2.78 bits per heavy atom. The van der Waals surface area contributed by atoms with Gasteiger partial charge >= 0.3 is 5.00 Å². The van der Waals surface area contributed by atoms with Gasteiger partial charge in [-0.15, -0.1) is 0 Å². The highest BCUT2D eigenvalue weighted by molar-refractivity contribution is 7.15. The van der Waals surface area contributed by atoms with E-state index in [0.717, 1.165) is 16.2 Å². The predicted octanol–water partition coefficient (Wildman–Crippen LogP) is 3.72. The molecule has 0 unspecified atom stereocenters. The predicted molar refractivity (Wildman–Crippen MR) is 69.4 cm³/mol. The maximum Gasteiger partial charge on any atom is 0.324 e. The summed E-state index contributed by atoms with van der Waals surface area (Å²) in [5.74, 6) is -0.267. The second-order valence-electron chi connectivity index (χ2n) is 3.81. The number of anilines is 1. The summed E-state index contributed by atoms with van der Waals surface area (Å²) in [5.41, 5.74) is 1.25. The van der Waals surface area contributed by atoms with Gasteiger partial charge in [0.05, 0.1) is 4.92 Å². The van der Waals surface area contributed by atoms with Crippen molar-refractivity contribution >= 4 is 22.0 Å². The van der Waals surface area contributed by atoms with Gasteiger partial charge in [0.25, 0.3) is 0 Å². The molecule has 2 rings (SSSR count). The number of nitrogens with one attached hydrogen (secondary N) is 1. The average Bonchev–Trinajstić information content (AvgIpc) is 2.79. The van der Waals surface area contributed by atoms with Crippen LogP contribution in [0, 0.1) is 22.9 Å². The van der Waals surface area contributed by atoms with Crippen LogP contribution >= 0.6 is 11.3 Å². The molecule has 4 nitrogen and oxygen atoms in total. The van der Waals surface area contributed by atoms with Gasteiger partial charge in [0, 0.05) is 23.2 Å². The van der Waals surface area contributed by atoms with E-state index in [1.807, 2.05) is 0 Å². The number of hydrogen-bond donors (Lipinski definition) is 1. The molecular formula is C12H11FN2O2S. The number of nitro groups is 1. The number of benzene rings is 1. The van der Waals surface area contributed by atoms with Crippen LogP contribution in [-0.4, -0.2) is 4.92 Å². The third-order valence-corrected chi connectivity index (χ3v) is 3.50. The molecule has 0 aliphatic heterocycles. The monoisotopic (exact) mass is 266 g/mol. The Balaban J connectivity index is 2.02. The van der Waals surface area contributed by atoms with E-state index >= 15 is 0 Å². The first-order valence-electron chi connectivity index (χ1n) is 5.29. The minimum Gasteiger partial charge on any atom is -0.380 e. The highest BCUT2D eigenvalue weighted by Gasteiger charge is 2.09. The van der Waals surface area contributed by atoms with E-state index in [4.69, 9.17) is 0 Å². The number of halogens is 1. The summed E-state index contributed by atoms with van der Waals surface area (Å²) in [6.45, 7) is 2.14. The summed E-state index contributed by atoms with van der Waals surface area (Å²) in [4.78, 5) is 10.9. The number of thiophene rings is 1. The summed E-state index contributed by atoms with van der Waals surface area (Å²) in [7, 11) is 0. The number of hydrogen-bond acceptors (Lipinski definition) is 4. The van der Waals surface area contributed by atoms with Crippen LogP contribution in [0.15, 0.2) is 30.3 Å². The van der Waals surface area contributed by atoms with Crippen molar-refractivity contribution in [2.75, 3.05) is 5.32 Å². The molecule has 0 atom stereocenters. The lowest BCUT2D eigenvalue weighted by Gasteiger charge is -2.05. The lowest BCUT2D eigenvalue weighted by molar-refractivity contribution is -0.380. The molecule has 0 aliphatic rings. The fourth-order valence-corrected chi connectivity index (χ4v) is 2.21. The van der Waals surface area contributed by atoms with Crippen LogP contribution in [0.25, 0.3) is 0 Å². The van der Waals surface area contributed by atoms with Gasteiger partial charge in [-0.25, -0.2) is 4.39 Å². The van der Waals surface area contributed by atoms with Crippen molar-refractivity contribution in [3.05, 3.63) is 56.7 Å². The Morgan fingerprint density at radius 1 is 1.39 bits per heavy atom. The Kier molecular flexibility index (Phi) is 3.57. The van der Waals surface area contributed by atoms with Gasteiger partial charge in [0.1, 0.15) is 5.82 Å². The van der Waals surface area contributed by atoms with Crippen molar-refractivity contribution in [3.63, 3.8) is 0 Å². The van der Waals surface area contributed by atoms with E-state index in [2.05, 4.69) is 5.32 Å². The van der Waals surface area contributed by atoms with E-state index in [0.29, 0.717) is 17.8 Å². The lowest BCUT2D eigenvalue weighted by Crippen LogP contribution is -1.98. The molecule has 0 fully saturated rings. The molecule has 0 saturated carbocycles. The summed E-state index contributed by atoms with van der Waals surface area (Å²) in [6, 6.07) is 8.05. The largest absolute Gasteiger partial charge is 0.380 e. The zero-order valence-corrected chi connectivity index (χ0v) is 10.5. The topological polar surface area (TPSA) is 55.2 Å². The van der Waals surface area contributed by atoms with Crippen molar-refractivity contribution in [1.82, 2.24) is 0 Å². The Hall–Kier alpha value is -1.95. The first-order valence-corrected chi connectivity index (χ1v) is 6.11. The van der Waals surface area contributed by atoms with E-state index in [1.54, 1.807) is 25.1 Å². The summed E-state index contributed by atoms with van der Waals surface area (Å²) in [5, 5.41) is 13.7. The van der Waals surface area contributed by atoms with Gasteiger partial charge in [-0.1, -0.05) is 17.4 Å². The highest BCUT2D eigenvalue weighted by atomic mass is 32.1. The Morgan fingerprint density at radius 2 is 2.17 bits per heavy atom. The first kappa shape index (κ1) is 12.5. The van der Waals surface area contributed by atoms with Crippen molar-refractivity contribution in [2.45, 2.75) is 13.5 Å². The molecular weight excluding hydrogens is 255 g/mol. The van der Waals surface area contributed by atoms with Gasteiger partial charge in [-0.3, -0.25) is 10.1 Å². The zero-order valence-electron chi connectivity index (χ0n) is 9.64. The minimum absolute atomic E-state index is 0.113. The van der Waals surface area contributed by atoms with Crippen LogP contribution in [0.3, 0.4) is 0 Å². The molecule has 6 heteroatoms. The number of aryl methyl sites for hydroxylation is 1. The first-order chi connectivity index (χ1) is 8.56. The minimum atomic E-state index is -0.417. The van der Waals surface area contributed by atoms with E-state index in [1.165, 1.54) is 12.1 Å². The molecule has 0 amide bonds. The third-order valence-electron chi connectivity index (χ3n) is 2.47. The van der Waals surface area contributed by atoms with E-state index in [-0.39, 0.29) is 10.8 Å². The van der Waals surface area contributed by atoms with Crippen molar-refractivity contribution in [2.24, 2.45) is 0 Å². The van der Waals surface area contributed by atoms with Crippen molar-refractivity contribution in [3.8, 4) is 0 Å². The number of rotatable bonds is 4. The van der Waals surface area contributed by atoms with E-state index in [9.17, 15) is 14.5 Å². The third kappa shape index (κ3) is 2.84. The van der Waals surface area contributed by atoms with Gasteiger partial charge in [-0.2, -0.15) is 0 Å². The molecule has 0 aliphatic carbocycles. The van der Waals surface area contributed by atoms with Gasteiger partial charge in [0.2, 0.25) is 0 Å². The molecule has 94 valence electrons. The van der Waals surface area contributed by atoms with Crippen LogP contribution in [0.5, 0.6) is 0 Å². The summed E-state index contributed by atoms with van der Waals surface area (Å²) < 4.78 is 13.3. The normalized spacial score (nSPS) is 10.3. The summed E-state index contributed by atoms with van der Waals surface area (Å²) >= 11 is 1.11. The van der Waals surface area contributed by atoms with Crippen molar-refractivity contribution in [1.29, 1.82) is 0 Å². The Bertz CT molecular complexity index is 583. The van der Waals surface area contributed by atoms with Gasteiger partial charge in [-0.05, 0) is 30.7 Å². The van der Waals surface area contributed by atoms with Crippen molar-refractivity contribution < 1.29 is 9.31 Å². The smallest absolute Gasteiger partial charge is 0.324 e. The molecule has 1 N–H and O–H groups in total. The van der Waals surface area contributed by atoms with Gasteiger partial charge in [0.15, 0.2) is 0 Å². The molecule has 0 radical (unpaired) electrons. The fraction of sp³-hybridized carbons (Fsp3) is 0.167. The fourth-order valence-electron chi connectivity index (χ4n) is 1.45. The highest BCUT2D eigenvalue weighted by Crippen LogP contribution is 2.24. The van der Waals surface area contributed by atoms with Crippen LogP contribution in [0.4, 0.5) is 15.1 Å². The molecule has 2 aromatic rings. The van der Waals surface area contributed by atoms with Crippen LogP contribution in [0.1, 0.15) is 10.4 Å². The molecule has 1 aromatic carbocycles. The van der Waals surface area contributed by atoms with Crippen LogP contribution in [-0.2, 0) is 6.54 Å². The number of nitrogens with zero attached hydrogens (tertiary/aromatic N) is 1. The molecule has 0 spiro atoms. The zero-order chi connectivity index (χ0) is 13.1. The Labute approximate surface area is 107 Å². The molecule has 1 aromatic heterocycles. The maximum atomic E-state index is 13.3. The summed E-state index contributed by atoms with van der Waals surface area (Å²) in [6.07, 6.45) is 0. The standard InChI is InChI=1S/C12H11FN2O2S/c1-8-2-3-9(6-11(8)13)14-7-10-4-5-12(18-10)15(16)17/h2-6,14H,7H2,1H3. The average molecular weight is 266 g/mol.